The maximum atomic E-state index is 8.90. The van der Waals surface area contributed by atoms with E-state index in [9.17, 15) is 0 Å². The molecule has 0 radical (unpaired) electrons. The zero-order valence-corrected chi connectivity index (χ0v) is 16.7. The summed E-state index contributed by atoms with van der Waals surface area (Å²) in [4.78, 5) is 10.0. The first-order valence-corrected chi connectivity index (χ1v) is 10.1. The second-order valence-electron chi connectivity index (χ2n) is 6.60. The highest BCUT2D eigenvalue weighted by Crippen LogP contribution is 2.35. The van der Waals surface area contributed by atoms with Gasteiger partial charge in [0.1, 0.15) is 0 Å². The average molecular weight is 387 g/mol. The summed E-state index contributed by atoms with van der Waals surface area (Å²) in [5.41, 5.74) is 5.29. The van der Waals surface area contributed by atoms with Crippen LogP contribution in [-0.2, 0) is 12.8 Å². The van der Waals surface area contributed by atoms with Crippen LogP contribution >= 0.6 is 11.3 Å². The molecule has 0 unspecified atom stereocenters. The summed E-state index contributed by atoms with van der Waals surface area (Å²) in [6.07, 6.45) is 9.07. The number of nitriles is 1. The van der Waals surface area contributed by atoms with E-state index in [1.54, 1.807) is 6.20 Å². The molecule has 0 saturated heterocycles. The normalized spacial score (nSPS) is 13.5. The van der Waals surface area contributed by atoms with Gasteiger partial charge in [-0.1, -0.05) is 30.7 Å². The van der Waals surface area contributed by atoms with Crippen LogP contribution in [0, 0.1) is 11.3 Å². The number of aromatic nitrogens is 2. The number of nitrogens with one attached hydrogen (secondary N) is 1. The fraction of sp³-hybridized carbons (Fsp3) is 0.227. The largest absolute Gasteiger partial charge is 0.680 e. The number of hydrogen-bond donors (Lipinski definition) is 1. The van der Waals surface area contributed by atoms with E-state index in [2.05, 4.69) is 70.9 Å². The summed E-state index contributed by atoms with van der Waals surface area (Å²) in [6, 6.07) is 8.56. The summed E-state index contributed by atoms with van der Waals surface area (Å²) in [7, 11) is 0. The lowest BCUT2D eigenvalue weighted by atomic mass is 10.00. The summed E-state index contributed by atoms with van der Waals surface area (Å²) >= 11 is 1.50. The number of nitrogens with zero attached hydrogens (tertiary/aromatic N) is 4. The average Bonchev–Trinajstić information content (AvgIpc) is 3.16. The van der Waals surface area contributed by atoms with Crippen LogP contribution in [0.25, 0.3) is 21.8 Å². The number of hydrogen-bond acceptors (Lipinski definition) is 5. The van der Waals surface area contributed by atoms with Crippen molar-refractivity contribution in [1.29, 1.82) is 5.26 Å². The highest BCUT2D eigenvalue weighted by Gasteiger charge is 2.12. The van der Waals surface area contributed by atoms with Crippen LogP contribution < -0.4 is 5.32 Å². The monoisotopic (exact) mass is 386 g/mol. The number of thiazole rings is 1. The summed E-state index contributed by atoms with van der Waals surface area (Å²) < 4.78 is 0. The van der Waals surface area contributed by atoms with E-state index in [0.29, 0.717) is 13.0 Å². The number of pyridine rings is 1. The van der Waals surface area contributed by atoms with Gasteiger partial charge in [0.05, 0.1) is 23.9 Å². The van der Waals surface area contributed by atoms with Gasteiger partial charge in [0.15, 0.2) is 5.13 Å². The Kier molecular flexibility index (Phi) is 5.09. The first-order valence-electron chi connectivity index (χ1n) is 9.25. The third-order valence-electron chi connectivity index (χ3n) is 4.71. The highest BCUT2D eigenvalue weighted by molar-refractivity contribution is 7.15. The van der Waals surface area contributed by atoms with Crippen LogP contribution in [0.5, 0.6) is 0 Å². The Morgan fingerprint density at radius 2 is 2.18 bits per heavy atom. The lowest BCUT2D eigenvalue weighted by Crippen LogP contribution is -2.00. The van der Waals surface area contributed by atoms with Gasteiger partial charge < -0.3 is 10.6 Å². The molecule has 0 atom stereocenters. The number of allylic oxidation sites excluding steroid dienone is 2. The lowest BCUT2D eigenvalue weighted by Gasteiger charge is -2.30. The number of rotatable bonds is 5. The topological polar surface area (TPSA) is 75.7 Å². The molecule has 2 aromatic heterocycles. The molecule has 0 fully saturated rings. The van der Waals surface area contributed by atoms with Crippen molar-refractivity contribution in [3.63, 3.8) is 0 Å². The van der Waals surface area contributed by atoms with Gasteiger partial charge in [0, 0.05) is 28.0 Å². The Labute approximate surface area is 168 Å². The van der Waals surface area contributed by atoms with Crippen LogP contribution in [0.1, 0.15) is 30.0 Å². The second kappa shape index (κ2) is 7.83. The van der Waals surface area contributed by atoms with Crippen molar-refractivity contribution in [2.24, 2.45) is 0 Å². The zero-order valence-electron chi connectivity index (χ0n) is 15.9. The van der Waals surface area contributed by atoms with E-state index >= 15 is 0 Å². The van der Waals surface area contributed by atoms with Gasteiger partial charge in [0.2, 0.25) is 0 Å². The predicted molar refractivity (Wildman–Crippen MR) is 116 cm³/mol. The minimum atomic E-state index is 0.375. The van der Waals surface area contributed by atoms with Gasteiger partial charge in [0.25, 0.3) is 0 Å². The van der Waals surface area contributed by atoms with Crippen LogP contribution in [0.2, 0.25) is 0 Å². The molecule has 3 heterocycles. The quantitative estimate of drug-likeness (QED) is 0.607. The van der Waals surface area contributed by atoms with Crippen molar-refractivity contribution in [3.8, 4) is 6.07 Å². The molecular formula is C22H20N5S-. The molecule has 140 valence electrons. The van der Waals surface area contributed by atoms with E-state index in [0.717, 1.165) is 49.8 Å². The van der Waals surface area contributed by atoms with Crippen molar-refractivity contribution in [1.82, 2.24) is 9.97 Å². The molecule has 6 heteroatoms. The number of benzene rings is 1. The fourth-order valence-corrected chi connectivity index (χ4v) is 4.08. The van der Waals surface area contributed by atoms with E-state index in [4.69, 9.17) is 5.26 Å². The summed E-state index contributed by atoms with van der Waals surface area (Å²) in [5.74, 6) is 0. The van der Waals surface area contributed by atoms with Crippen LogP contribution in [-0.4, -0.2) is 16.5 Å². The van der Waals surface area contributed by atoms with Crippen LogP contribution in [0.15, 0.2) is 48.3 Å². The number of anilines is 2. The molecule has 1 N–H and O–H groups in total. The zero-order chi connectivity index (χ0) is 19.5. The second-order valence-corrected chi connectivity index (χ2v) is 7.72. The molecule has 0 aliphatic carbocycles. The Bertz CT molecular complexity index is 1130. The van der Waals surface area contributed by atoms with Gasteiger partial charge in [-0.05, 0) is 25.0 Å². The molecule has 1 aliphatic rings. The summed E-state index contributed by atoms with van der Waals surface area (Å²) in [5, 5.41) is 20.0. The first kappa shape index (κ1) is 18.2. The standard InChI is InChI=1S/C22H20N5S/c1-3-19-21(27-22-26-13-17(28-22)8-9-23)18-11-15(6-7-16(18)12-25-19)20-14(2)5-4-10-24-20/h4-7,11-13H,3,8,10H2,1-2H3,(H,26,27)/q-1. The van der Waals surface area contributed by atoms with Gasteiger partial charge >= 0.3 is 0 Å². The van der Waals surface area contributed by atoms with Gasteiger partial charge in [-0.25, -0.2) is 4.98 Å². The van der Waals surface area contributed by atoms with Crippen LogP contribution in [0.4, 0.5) is 10.8 Å². The SMILES string of the molecule is CCc1ncc2ccc(C3=C(C)C=CC[N-]3)cc2c1Nc1ncc(CC#N)s1. The molecule has 0 saturated carbocycles. The van der Waals surface area contributed by atoms with Crippen molar-refractivity contribution < 1.29 is 0 Å². The van der Waals surface area contributed by atoms with Crippen molar-refractivity contribution in [2.75, 3.05) is 11.9 Å². The van der Waals surface area contributed by atoms with E-state index in [-0.39, 0.29) is 0 Å². The van der Waals surface area contributed by atoms with E-state index < -0.39 is 0 Å². The Morgan fingerprint density at radius 3 is 2.96 bits per heavy atom. The van der Waals surface area contributed by atoms with Gasteiger partial charge in [-0.3, -0.25) is 4.98 Å². The maximum absolute atomic E-state index is 8.90. The molecule has 4 rings (SSSR count). The molecule has 3 aromatic rings. The van der Waals surface area contributed by atoms with Gasteiger partial charge in [-0.15, -0.1) is 29.7 Å². The molecular weight excluding hydrogens is 366 g/mol. The number of fused-ring (bicyclic) bond motifs is 1. The van der Waals surface area contributed by atoms with E-state index in [1.165, 1.54) is 16.9 Å². The first-order chi connectivity index (χ1) is 13.7. The fourth-order valence-electron chi connectivity index (χ4n) is 3.34. The van der Waals surface area contributed by atoms with Crippen molar-refractivity contribution in [3.05, 3.63) is 69.8 Å². The molecule has 28 heavy (non-hydrogen) atoms. The molecule has 5 nitrogen and oxygen atoms in total. The van der Waals surface area contributed by atoms with Crippen molar-refractivity contribution >= 4 is 38.6 Å². The smallest absolute Gasteiger partial charge is 0.187 e. The van der Waals surface area contributed by atoms with Crippen molar-refractivity contribution in [2.45, 2.75) is 26.7 Å². The minimum absolute atomic E-state index is 0.375. The molecule has 0 bridgehead atoms. The third-order valence-corrected chi connectivity index (χ3v) is 5.63. The third kappa shape index (κ3) is 3.49. The number of aryl methyl sites for hydroxylation is 1. The van der Waals surface area contributed by atoms with Gasteiger partial charge in [-0.2, -0.15) is 5.26 Å². The highest BCUT2D eigenvalue weighted by atomic mass is 32.1. The predicted octanol–water partition coefficient (Wildman–Crippen LogP) is 5.74. The summed E-state index contributed by atoms with van der Waals surface area (Å²) in [6.45, 7) is 4.90. The molecule has 1 aromatic carbocycles. The molecule has 0 amide bonds. The molecule has 1 aliphatic heterocycles. The van der Waals surface area contributed by atoms with Crippen LogP contribution in [0.3, 0.4) is 0 Å². The maximum Gasteiger partial charge on any atom is 0.187 e. The Balaban J connectivity index is 1.81. The Morgan fingerprint density at radius 1 is 1.29 bits per heavy atom. The molecule has 0 spiro atoms. The minimum Gasteiger partial charge on any atom is -0.680 e. The van der Waals surface area contributed by atoms with E-state index in [1.807, 2.05) is 6.20 Å². The lowest BCUT2D eigenvalue weighted by molar-refractivity contribution is 1.05. The Hall–Kier alpha value is -3.17.